The first kappa shape index (κ1) is 13.6. The molecule has 0 aliphatic heterocycles. The number of pyridine rings is 2. The standard InChI is InChI=1S/C15H19N3O/c19-11-10-18(13-14-4-3-7-16-12-14)9-6-15-5-1-2-8-17-15/h1-5,7-8,12,19H,6,9-11,13H2. The van der Waals surface area contributed by atoms with Crippen molar-refractivity contribution >= 4 is 0 Å². The first-order valence-corrected chi connectivity index (χ1v) is 6.50. The monoisotopic (exact) mass is 257 g/mol. The fourth-order valence-corrected chi connectivity index (χ4v) is 1.98. The molecule has 0 unspecified atom stereocenters. The summed E-state index contributed by atoms with van der Waals surface area (Å²) in [6.07, 6.45) is 6.34. The van der Waals surface area contributed by atoms with Gasteiger partial charge in [-0.15, -0.1) is 0 Å². The van der Waals surface area contributed by atoms with Gasteiger partial charge in [-0.3, -0.25) is 14.9 Å². The average molecular weight is 257 g/mol. The molecule has 0 atom stereocenters. The van der Waals surface area contributed by atoms with Gasteiger partial charge in [0, 0.05) is 50.3 Å². The summed E-state index contributed by atoms with van der Waals surface area (Å²) in [6, 6.07) is 9.94. The molecule has 0 radical (unpaired) electrons. The Kier molecular flexibility index (Phi) is 5.47. The third-order valence-electron chi connectivity index (χ3n) is 2.96. The Labute approximate surface area is 113 Å². The molecule has 0 aliphatic rings. The highest BCUT2D eigenvalue weighted by Crippen LogP contribution is 2.04. The van der Waals surface area contributed by atoms with Gasteiger partial charge in [0.05, 0.1) is 6.61 Å². The topological polar surface area (TPSA) is 49.2 Å². The molecule has 0 aromatic carbocycles. The van der Waals surface area contributed by atoms with E-state index < -0.39 is 0 Å². The fourth-order valence-electron chi connectivity index (χ4n) is 1.98. The molecule has 0 saturated heterocycles. The molecule has 2 aromatic heterocycles. The van der Waals surface area contributed by atoms with Gasteiger partial charge in [0.15, 0.2) is 0 Å². The number of hydrogen-bond donors (Lipinski definition) is 1. The maximum Gasteiger partial charge on any atom is 0.0558 e. The summed E-state index contributed by atoms with van der Waals surface area (Å²) in [5, 5.41) is 9.14. The zero-order valence-corrected chi connectivity index (χ0v) is 10.9. The Morgan fingerprint density at radius 2 is 2.00 bits per heavy atom. The number of rotatable bonds is 7. The molecule has 0 bridgehead atoms. The Bertz CT molecular complexity index is 461. The number of hydrogen-bond acceptors (Lipinski definition) is 4. The highest BCUT2D eigenvalue weighted by atomic mass is 16.3. The van der Waals surface area contributed by atoms with Crippen molar-refractivity contribution in [2.75, 3.05) is 19.7 Å². The molecule has 4 heteroatoms. The summed E-state index contributed by atoms with van der Waals surface area (Å²) in [7, 11) is 0. The third kappa shape index (κ3) is 4.77. The zero-order chi connectivity index (χ0) is 13.3. The van der Waals surface area contributed by atoms with E-state index in [-0.39, 0.29) is 6.61 Å². The Hall–Kier alpha value is -1.78. The molecular formula is C15H19N3O. The van der Waals surface area contributed by atoms with Gasteiger partial charge in [-0.25, -0.2) is 0 Å². The van der Waals surface area contributed by atoms with Crippen molar-refractivity contribution in [2.45, 2.75) is 13.0 Å². The van der Waals surface area contributed by atoms with Crippen molar-refractivity contribution in [3.8, 4) is 0 Å². The lowest BCUT2D eigenvalue weighted by atomic mass is 10.2. The minimum atomic E-state index is 0.169. The summed E-state index contributed by atoms with van der Waals surface area (Å²) >= 11 is 0. The van der Waals surface area contributed by atoms with Crippen LogP contribution in [0.2, 0.25) is 0 Å². The number of aliphatic hydroxyl groups excluding tert-OH is 1. The molecule has 0 spiro atoms. The van der Waals surface area contributed by atoms with Crippen LogP contribution in [0.25, 0.3) is 0 Å². The molecule has 100 valence electrons. The van der Waals surface area contributed by atoms with Gasteiger partial charge >= 0.3 is 0 Å². The van der Waals surface area contributed by atoms with E-state index in [0.29, 0.717) is 6.54 Å². The van der Waals surface area contributed by atoms with Crippen molar-refractivity contribution < 1.29 is 5.11 Å². The summed E-state index contributed by atoms with van der Waals surface area (Å²) in [5.74, 6) is 0. The lowest BCUT2D eigenvalue weighted by molar-refractivity contribution is 0.191. The van der Waals surface area contributed by atoms with Crippen LogP contribution in [-0.4, -0.2) is 39.7 Å². The highest BCUT2D eigenvalue weighted by Gasteiger charge is 2.06. The van der Waals surface area contributed by atoms with Gasteiger partial charge in [0.1, 0.15) is 0 Å². The molecule has 2 aromatic rings. The smallest absolute Gasteiger partial charge is 0.0558 e. The maximum absolute atomic E-state index is 9.14. The van der Waals surface area contributed by atoms with Crippen LogP contribution in [-0.2, 0) is 13.0 Å². The Morgan fingerprint density at radius 1 is 1.05 bits per heavy atom. The van der Waals surface area contributed by atoms with Crippen LogP contribution in [0.4, 0.5) is 0 Å². The molecule has 0 amide bonds. The Morgan fingerprint density at radius 3 is 2.68 bits per heavy atom. The van der Waals surface area contributed by atoms with Crippen molar-refractivity contribution in [1.82, 2.24) is 14.9 Å². The lowest BCUT2D eigenvalue weighted by Crippen LogP contribution is -2.28. The van der Waals surface area contributed by atoms with Crippen LogP contribution < -0.4 is 0 Å². The second-order valence-electron chi connectivity index (χ2n) is 4.43. The summed E-state index contributed by atoms with van der Waals surface area (Å²) in [4.78, 5) is 10.6. The molecule has 0 fully saturated rings. The van der Waals surface area contributed by atoms with E-state index in [9.17, 15) is 0 Å². The normalized spacial score (nSPS) is 10.8. The summed E-state index contributed by atoms with van der Waals surface area (Å²) in [5.41, 5.74) is 2.24. The first-order chi connectivity index (χ1) is 9.38. The SMILES string of the molecule is OCCN(CCc1ccccn1)Cc1cccnc1. The van der Waals surface area contributed by atoms with Crippen LogP contribution in [0.15, 0.2) is 48.9 Å². The van der Waals surface area contributed by atoms with Gasteiger partial charge < -0.3 is 5.11 Å². The molecule has 0 aliphatic carbocycles. The second kappa shape index (κ2) is 7.61. The molecule has 0 saturated carbocycles. The van der Waals surface area contributed by atoms with E-state index in [1.54, 1.807) is 6.20 Å². The van der Waals surface area contributed by atoms with Crippen LogP contribution in [0.3, 0.4) is 0 Å². The van der Waals surface area contributed by atoms with Crippen LogP contribution >= 0.6 is 0 Å². The van der Waals surface area contributed by atoms with Crippen LogP contribution in [0.5, 0.6) is 0 Å². The van der Waals surface area contributed by atoms with Gasteiger partial charge in [-0.05, 0) is 23.8 Å². The largest absolute Gasteiger partial charge is 0.395 e. The lowest BCUT2D eigenvalue weighted by Gasteiger charge is -2.20. The van der Waals surface area contributed by atoms with Crippen molar-refractivity contribution in [3.05, 3.63) is 60.2 Å². The van der Waals surface area contributed by atoms with Crippen LogP contribution in [0, 0.1) is 0 Å². The first-order valence-electron chi connectivity index (χ1n) is 6.50. The van der Waals surface area contributed by atoms with Gasteiger partial charge in [-0.2, -0.15) is 0 Å². The second-order valence-corrected chi connectivity index (χ2v) is 4.43. The molecular weight excluding hydrogens is 238 g/mol. The minimum absolute atomic E-state index is 0.169. The zero-order valence-electron chi connectivity index (χ0n) is 10.9. The number of aromatic nitrogens is 2. The quantitative estimate of drug-likeness (QED) is 0.817. The van der Waals surface area contributed by atoms with Crippen molar-refractivity contribution in [2.24, 2.45) is 0 Å². The third-order valence-corrected chi connectivity index (χ3v) is 2.96. The number of nitrogens with zero attached hydrogens (tertiary/aromatic N) is 3. The van der Waals surface area contributed by atoms with Crippen molar-refractivity contribution in [3.63, 3.8) is 0 Å². The number of aliphatic hydroxyl groups is 1. The summed E-state index contributed by atoms with van der Waals surface area (Å²) < 4.78 is 0. The predicted molar refractivity (Wildman–Crippen MR) is 74.5 cm³/mol. The van der Waals surface area contributed by atoms with Crippen LogP contribution in [0.1, 0.15) is 11.3 Å². The van der Waals surface area contributed by atoms with E-state index in [1.165, 1.54) is 0 Å². The minimum Gasteiger partial charge on any atom is -0.395 e. The molecule has 2 rings (SSSR count). The molecule has 1 N–H and O–H groups in total. The fraction of sp³-hybridized carbons (Fsp3) is 0.333. The highest BCUT2D eigenvalue weighted by molar-refractivity contribution is 5.08. The van der Waals surface area contributed by atoms with E-state index in [0.717, 1.165) is 30.8 Å². The molecule has 4 nitrogen and oxygen atoms in total. The van der Waals surface area contributed by atoms with Crippen molar-refractivity contribution in [1.29, 1.82) is 0 Å². The Balaban J connectivity index is 1.89. The van der Waals surface area contributed by atoms with E-state index in [2.05, 4.69) is 20.9 Å². The van der Waals surface area contributed by atoms with E-state index in [4.69, 9.17) is 5.11 Å². The predicted octanol–water partition coefficient (Wildman–Crippen LogP) is 1.51. The van der Waals surface area contributed by atoms with E-state index >= 15 is 0 Å². The average Bonchev–Trinajstić information content (AvgIpc) is 2.47. The van der Waals surface area contributed by atoms with E-state index in [1.807, 2.05) is 36.7 Å². The molecule has 2 heterocycles. The maximum atomic E-state index is 9.14. The van der Waals surface area contributed by atoms with Gasteiger partial charge in [-0.1, -0.05) is 12.1 Å². The summed E-state index contributed by atoms with van der Waals surface area (Å²) in [6.45, 7) is 2.53. The van der Waals surface area contributed by atoms with Gasteiger partial charge in [0.2, 0.25) is 0 Å². The van der Waals surface area contributed by atoms with Gasteiger partial charge in [0.25, 0.3) is 0 Å². The molecule has 19 heavy (non-hydrogen) atoms.